The van der Waals surface area contributed by atoms with E-state index >= 15 is 0 Å². The number of carbonyl (C=O) groups excluding carboxylic acids is 2. The fourth-order valence-electron chi connectivity index (χ4n) is 1.95. The lowest BCUT2D eigenvalue weighted by molar-refractivity contribution is -0.122. The molecule has 1 heterocycles. The number of nitrogens with zero attached hydrogens (tertiary/aromatic N) is 1. The lowest BCUT2D eigenvalue weighted by Gasteiger charge is -2.17. The maximum absolute atomic E-state index is 11.9. The molecular formula is C12H10ClNO4. The molecule has 1 aromatic rings. The van der Waals surface area contributed by atoms with Crippen LogP contribution in [0, 0.1) is 5.92 Å². The Morgan fingerprint density at radius 3 is 2.61 bits per heavy atom. The van der Waals surface area contributed by atoms with Gasteiger partial charge in [-0.15, -0.1) is 0 Å². The molecule has 0 aliphatic carbocycles. The van der Waals surface area contributed by atoms with Crippen molar-refractivity contribution in [3.8, 4) is 0 Å². The molecule has 0 spiro atoms. The summed E-state index contributed by atoms with van der Waals surface area (Å²) in [5, 5.41) is 9.11. The fourth-order valence-corrected chi connectivity index (χ4v) is 2.20. The molecule has 1 atom stereocenters. The Bertz CT molecular complexity index is 555. The molecule has 2 rings (SSSR count). The Kier molecular flexibility index (Phi) is 3.09. The molecule has 0 radical (unpaired) electrons. The average molecular weight is 268 g/mol. The van der Waals surface area contributed by atoms with Crippen molar-refractivity contribution < 1.29 is 19.5 Å². The fraction of sp³-hybridized carbons (Fsp3) is 0.250. The first kappa shape index (κ1) is 12.6. The Labute approximate surface area is 108 Å². The summed E-state index contributed by atoms with van der Waals surface area (Å²) < 4.78 is 0. The van der Waals surface area contributed by atoms with Crippen LogP contribution in [0.3, 0.4) is 0 Å². The van der Waals surface area contributed by atoms with E-state index in [0.717, 1.165) is 4.90 Å². The highest BCUT2D eigenvalue weighted by atomic mass is 35.5. The van der Waals surface area contributed by atoms with Gasteiger partial charge < -0.3 is 5.11 Å². The van der Waals surface area contributed by atoms with Crippen LogP contribution in [-0.2, 0) is 9.59 Å². The summed E-state index contributed by atoms with van der Waals surface area (Å²) in [7, 11) is 0. The number of hydrogen-bond donors (Lipinski definition) is 1. The monoisotopic (exact) mass is 267 g/mol. The normalized spacial score (nSPS) is 19.4. The summed E-state index contributed by atoms with van der Waals surface area (Å²) in [4.78, 5) is 35.7. The Morgan fingerprint density at radius 2 is 2.11 bits per heavy atom. The van der Waals surface area contributed by atoms with Crippen molar-refractivity contribution in [2.75, 3.05) is 4.90 Å². The topological polar surface area (TPSA) is 74.7 Å². The number of rotatable bonds is 2. The second-order valence-corrected chi connectivity index (χ2v) is 4.52. The van der Waals surface area contributed by atoms with Gasteiger partial charge in [-0.1, -0.05) is 24.6 Å². The zero-order chi connectivity index (χ0) is 13.4. The van der Waals surface area contributed by atoms with Crippen molar-refractivity contribution in [1.82, 2.24) is 0 Å². The third-order valence-electron chi connectivity index (χ3n) is 2.82. The van der Waals surface area contributed by atoms with Crippen molar-refractivity contribution in [3.05, 3.63) is 28.8 Å². The standard InChI is InChI=1S/C12H10ClNO4/c1-6-5-9(15)14(11(6)16)8-4-2-3-7(13)10(8)12(17)18/h2-4,6H,5H2,1H3,(H,17,18). The van der Waals surface area contributed by atoms with Crippen LogP contribution in [0.5, 0.6) is 0 Å². The summed E-state index contributed by atoms with van der Waals surface area (Å²) in [5.41, 5.74) is -0.190. The molecule has 0 aromatic heterocycles. The number of imide groups is 1. The largest absolute Gasteiger partial charge is 0.478 e. The molecule has 18 heavy (non-hydrogen) atoms. The van der Waals surface area contributed by atoms with Crippen molar-refractivity contribution in [2.24, 2.45) is 5.92 Å². The van der Waals surface area contributed by atoms with Gasteiger partial charge in [-0.2, -0.15) is 0 Å². The maximum atomic E-state index is 11.9. The second-order valence-electron chi connectivity index (χ2n) is 4.11. The number of amides is 2. The molecule has 1 fully saturated rings. The van der Waals surface area contributed by atoms with Crippen LogP contribution in [0.15, 0.2) is 18.2 Å². The SMILES string of the molecule is CC1CC(=O)N(c2cccc(Cl)c2C(=O)O)C1=O. The van der Waals surface area contributed by atoms with E-state index in [4.69, 9.17) is 16.7 Å². The predicted octanol–water partition coefficient (Wildman–Crippen LogP) is 1.94. The quantitative estimate of drug-likeness (QED) is 0.831. The summed E-state index contributed by atoms with van der Waals surface area (Å²) in [5.74, 6) is -2.50. The molecule has 1 N–H and O–H groups in total. The van der Waals surface area contributed by atoms with Gasteiger partial charge >= 0.3 is 5.97 Å². The van der Waals surface area contributed by atoms with Crippen LogP contribution in [0.2, 0.25) is 5.02 Å². The summed E-state index contributed by atoms with van der Waals surface area (Å²) in [6.45, 7) is 1.63. The number of carboxylic acid groups (broad SMARTS) is 1. The number of halogens is 1. The molecule has 0 bridgehead atoms. The molecule has 1 saturated heterocycles. The molecule has 0 saturated carbocycles. The Balaban J connectivity index is 2.59. The molecule has 1 unspecified atom stereocenters. The van der Waals surface area contributed by atoms with Crippen LogP contribution < -0.4 is 4.90 Å². The lowest BCUT2D eigenvalue weighted by Crippen LogP contribution is -2.31. The first-order chi connectivity index (χ1) is 8.43. The third-order valence-corrected chi connectivity index (χ3v) is 3.13. The van der Waals surface area contributed by atoms with Crippen LogP contribution in [0.4, 0.5) is 5.69 Å². The zero-order valence-corrected chi connectivity index (χ0v) is 10.3. The Hall–Kier alpha value is -1.88. The predicted molar refractivity (Wildman–Crippen MR) is 64.7 cm³/mol. The van der Waals surface area contributed by atoms with E-state index in [1.165, 1.54) is 18.2 Å². The molecule has 94 valence electrons. The van der Waals surface area contributed by atoms with Gasteiger partial charge in [0.2, 0.25) is 11.8 Å². The van der Waals surface area contributed by atoms with Gasteiger partial charge in [0.15, 0.2) is 0 Å². The van der Waals surface area contributed by atoms with Gasteiger partial charge in [0, 0.05) is 12.3 Å². The summed E-state index contributed by atoms with van der Waals surface area (Å²) >= 11 is 5.80. The molecule has 5 nitrogen and oxygen atoms in total. The highest BCUT2D eigenvalue weighted by Crippen LogP contribution is 2.32. The van der Waals surface area contributed by atoms with Crippen molar-refractivity contribution in [1.29, 1.82) is 0 Å². The number of hydrogen-bond acceptors (Lipinski definition) is 3. The van der Waals surface area contributed by atoms with Crippen LogP contribution in [-0.4, -0.2) is 22.9 Å². The van der Waals surface area contributed by atoms with Crippen molar-refractivity contribution >= 4 is 35.1 Å². The number of benzene rings is 1. The van der Waals surface area contributed by atoms with Gasteiger partial charge in [-0.25, -0.2) is 9.69 Å². The molecule has 1 aliphatic heterocycles. The highest BCUT2D eigenvalue weighted by Gasteiger charge is 2.38. The zero-order valence-electron chi connectivity index (χ0n) is 9.51. The van der Waals surface area contributed by atoms with E-state index in [-0.39, 0.29) is 22.7 Å². The second kappa shape index (κ2) is 4.42. The molecule has 1 aliphatic rings. The van der Waals surface area contributed by atoms with Crippen molar-refractivity contribution in [3.63, 3.8) is 0 Å². The van der Waals surface area contributed by atoms with E-state index in [2.05, 4.69) is 0 Å². The Morgan fingerprint density at radius 1 is 1.44 bits per heavy atom. The van der Waals surface area contributed by atoms with Gasteiger partial charge in [-0.05, 0) is 12.1 Å². The molecule has 2 amide bonds. The summed E-state index contributed by atoms with van der Waals surface area (Å²) in [6.07, 6.45) is 0.0877. The first-order valence-corrected chi connectivity index (χ1v) is 5.70. The molecule has 1 aromatic carbocycles. The number of aromatic carboxylic acids is 1. The van der Waals surface area contributed by atoms with E-state index in [1.807, 2.05) is 0 Å². The number of carbonyl (C=O) groups is 3. The van der Waals surface area contributed by atoms with E-state index < -0.39 is 23.7 Å². The average Bonchev–Trinajstić information content (AvgIpc) is 2.52. The number of carboxylic acids is 1. The van der Waals surface area contributed by atoms with Crippen LogP contribution >= 0.6 is 11.6 Å². The minimum absolute atomic E-state index is 0.000142. The van der Waals surface area contributed by atoms with E-state index in [0.29, 0.717) is 0 Å². The van der Waals surface area contributed by atoms with Crippen LogP contribution in [0.25, 0.3) is 0 Å². The van der Waals surface area contributed by atoms with Gasteiger partial charge in [-0.3, -0.25) is 9.59 Å². The minimum Gasteiger partial charge on any atom is -0.478 e. The first-order valence-electron chi connectivity index (χ1n) is 5.32. The van der Waals surface area contributed by atoms with Gasteiger partial charge in [0.25, 0.3) is 0 Å². The van der Waals surface area contributed by atoms with Gasteiger partial charge in [0.05, 0.1) is 10.7 Å². The third kappa shape index (κ3) is 1.86. The van der Waals surface area contributed by atoms with Crippen molar-refractivity contribution in [2.45, 2.75) is 13.3 Å². The van der Waals surface area contributed by atoms with Gasteiger partial charge in [0.1, 0.15) is 5.56 Å². The molecule has 6 heteroatoms. The highest BCUT2D eigenvalue weighted by molar-refractivity contribution is 6.35. The number of anilines is 1. The summed E-state index contributed by atoms with van der Waals surface area (Å²) in [6, 6.07) is 4.32. The van der Waals surface area contributed by atoms with E-state index in [9.17, 15) is 14.4 Å². The maximum Gasteiger partial charge on any atom is 0.339 e. The lowest BCUT2D eigenvalue weighted by atomic mass is 10.1. The van der Waals surface area contributed by atoms with E-state index in [1.54, 1.807) is 6.92 Å². The minimum atomic E-state index is -1.27. The van der Waals surface area contributed by atoms with Crippen LogP contribution in [0.1, 0.15) is 23.7 Å². The smallest absolute Gasteiger partial charge is 0.339 e. The molecular weight excluding hydrogens is 258 g/mol.